The van der Waals surface area contributed by atoms with Gasteiger partial charge in [-0.15, -0.1) is 0 Å². The largest absolute Gasteiger partial charge is 0.392 e. The van der Waals surface area contributed by atoms with Gasteiger partial charge in [-0.25, -0.2) is 0 Å². The molecule has 0 spiro atoms. The van der Waals surface area contributed by atoms with Crippen LogP contribution in [-0.2, 0) is 9.59 Å². The van der Waals surface area contributed by atoms with Crippen LogP contribution < -0.4 is 10.6 Å². The zero-order valence-corrected chi connectivity index (χ0v) is 15.0. The Balaban J connectivity index is 1.80. The van der Waals surface area contributed by atoms with Gasteiger partial charge in [0.1, 0.15) is 6.04 Å². The van der Waals surface area contributed by atoms with E-state index < -0.39 is 6.04 Å². The summed E-state index contributed by atoms with van der Waals surface area (Å²) in [5, 5.41) is 15.3. The summed E-state index contributed by atoms with van der Waals surface area (Å²) in [4.78, 5) is 28.7. The van der Waals surface area contributed by atoms with Crippen LogP contribution in [0.1, 0.15) is 39.5 Å². The Morgan fingerprint density at radius 3 is 2.92 bits per heavy atom. The predicted octanol–water partition coefficient (Wildman–Crippen LogP) is -0.452. The van der Waals surface area contributed by atoms with Gasteiger partial charge in [-0.3, -0.25) is 19.4 Å². The molecule has 7 heteroatoms. The number of aliphatic hydroxyl groups excluding tert-OH is 1. The number of hydrogen-bond acceptors (Lipinski definition) is 5. The summed E-state index contributed by atoms with van der Waals surface area (Å²) < 4.78 is 0. The third kappa shape index (κ3) is 5.72. The monoisotopic (exact) mass is 340 g/mol. The van der Waals surface area contributed by atoms with Crippen molar-refractivity contribution in [1.82, 2.24) is 20.4 Å². The predicted molar refractivity (Wildman–Crippen MR) is 92.6 cm³/mol. The highest BCUT2D eigenvalue weighted by atomic mass is 16.3. The van der Waals surface area contributed by atoms with Crippen LogP contribution in [0.25, 0.3) is 0 Å². The molecule has 3 unspecified atom stereocenters. The molecular weight excluding hydrogens is 308 g/mol. The van der Waals surface area contributed by atoms with E-state index in [4.69, 9.17) is 0 Å². The maximum absolute atomic E-state index is 12.3. The molecule has 7 nitrogen and oxygen atoms in total. The van der Waals surface area contributed by atoms with E-state index in [0.717, 1.165) is 45.3 Å². The number of nitrogens with zero attached hydrogens (tertiary/aromatic N) is 2. The lowest BCUT2D eigenvalue weighted by Gasteiger charge is -2.41. The van der Waals surface area contributed by atoms with Crippen molar-refractivity contribution in [2.45, 2.75) is 57.7 Å². The molecule has 0 bridgehead atoms. The van der Waals surface area contributed by atoms with Gasteiger partial charge in [0, 0.05) is 38.8 Å². The van der Waals surface area contributed by atoms with Crippen LogP contribution in [0, 0.1) is 0 Å². The molecular formula is C17H32N4O3. The Bertz CT molecular complexity index is 430. The number of piperazine rings is 1. The lowest BCUT2D eigenvalue weighted by atomic mass is 10.1. The van der Waals surface area contributed by atoms with Crippen LogP contribution in [0.4, 0.5) is 0 Å². The number of carbonyl (C=O) groups is 2. The standard InChI is InChI=1S/C17H32N4O3/c1-3-14-11-20(8-9-21(14)10-13(2)22)12-16(23)19-15-6-4-5-7-18-17(15)24/h13-15,22H,3-12H2,1-2H3,(H,18,24)(H,19,23). The smallest absolute Gasteiger partial charge is 0.242 e. The van der Waals surface area contributed by atoms with Crippen molar-refractivity contribution in [3.05, 3.63) is 0 Å². The van der Waals surface area contributed by atoms with Gasteiger partial charge in [-0.2, -0.15) is 0 Å². The molecule has 0 aliphatic carbocycles. The van der Waals surface area contributed by atoms with Crippen molar-refractivity contribution < 1.29 is 14.7 Å². The lowest BCUT2D eigenvalue weighted by molar-refractivity contribution is -0.129. The molecule has 2 saturated heterocycles. The molecule has 0 saturated carbocycles. The minimum absolute atomic E-state index is 0.0611. The van der Waals surface area contributed by atoms with Gasteiger partial charge in [0.05, 0.1) is 12.6 Å². The van der Waals surface area contributed by atoms with E-state index in [1.54, 1.807) is 0 Å². The number of nitrogens with one attached hydrogen (secondary N) is 2. The molecule has 0 aromatic rings. The highest BCUT2D eigenvalue weighted by molar-refractivity contribution is 5.88. The Labute approximate surface area is 144 Å². The van der Waals surface area contributed by atoms with Crippen molar-refractivity contribution in [1.29, 1.82) is 0 Å². The molecule has 2 aliphatic heterocycles. The SMILES string of the molecule is CCC1CN(CC(=O)NC2CCCCNC2=O)CCN1CC(C)O. The van der Waals surface area contributed by atoms with Gasteiger partial charge in [-0.05, 0) is 32.6 Å². The van der Waals surface area contributed by atoms with Gasteiger partial charge in [0.25, 0.3) is 0 Å². The molecule has 2 aliphatic rings. The van der Waals surface area contributed by atoms with E-state index in [-0.39, 0.29) is 17.9 Å². The molecule has 3 atom stereocenters. The number of hydrogen-bond donors (Lipinski definition) is 3. The van der Waals surface area contributed by atoms with Crippen LogP contribution in [0.15, 0.2) is 0 Å². The van der Waals surface area contributed by atoms with Crippen LogP contribution >= 0.6 is 0 Å². The Morgan fingerprint density at radius 1 is 1.42 bits per heavy atom. The number of aliphatic hydroxyl groups is 1. The first-order chi connectivity index (χ1) is 11.5. The van der Waals surface area contributed by atoms with Gasteiger partial charge >= 0.3 is 0 Å². The average molecular weight is 340 g/mol. The van der Waals surface area contributed by atoms with Crippen LogP contribution in [0.5, 0.6) is 0 Å². The van der Waals surface area contributed by atoms with Crippen LogP contribution in [-0.4, -0.2) is 84.2 Å². The van der Waals surface area contributed by atoms with Gasteiger partial charge < -0.3 is 15.7 Å². The highest BCUT2D eigenvalue weighted by Gasteiger charge is 2.28. The van der Waals surface area contributed by atoms with E-state index >= 15 is 0 Å². The zero-order valence-electron chi connectivity index (χ0n) is 15.0. The summed E-state index contributed by atoms with van der Waals surface area (Å²) in [5.41, 5.74) is 0. The summed E-state index contributed by atoms with van der Waals surface area (Å²) >= 11 is 0. The first kappa shape index (κ1) is 19.1. The fraction of sp³-hybridized carbons (Fsp3) is 0.882. The molecule has 24 heavy (non-hydrogen) atoms. The molecule has 0 aromatic heterocycles. The average Bonchev–Trinajstić information content (AvgIpc) is 2.73. The van der Waals surface area contributed by atoms with Crippen molar-refractivity contribution >= 4 is 11.8 Å². The number of rotatable bonds is 6. The fourth-order valence-electron chi connectivity index (χ4n) is 3.59. The van der Waals surface area contributed by atoms with Gasteiger partial charge in [0.15, 0.2) is 0 Å². The van der Waals surface area contributed by atoms with Crippen molar-refractivity contribution in [2.24, 2.45) is 0 Å². The lowest BCUT2D eigenvalue weighted by Crippen LogP contribution is -2.57. The van der Waals surface area contributed by atoms with E-state index in [0.29, 0.717) is 25.7 Å². The minimum Gasteiger partial charge on any atom is -0.392 e. The Morgan fingerprint density at radius 2 is 2.21 bits per heavy atom. The quantitative estimate of drug-likeness (QED) is 0.610. The molecule has 2 fully saturated rings. The number of amides is 2. The molecule has 2 heterocycles. The number of carbonyl (C=O) groups excluding carboxylic acids is 2. The molecule has 0 aromatic carbocycles. The molecule has 2 rings (SSSR count). The molecule has 2 amide bonds. The molecule has 3 N–H and O–H groups in total. The topological polar surface area (TPSA) is 84.9 Å². The van der Waals surface area contributed by atoms with Crippen LogP contribution in [0.2, 0.25) is 0 Å². The van der Waals surface area contributed by atoms with E-state index in [2.05, 4.69) is 27.4 Å². The minimum atomic E-state index is -0.390. The summed E-state index contributed by atoms with van der Waals surface area (Å²) in [6, 6.07) is -0.0270. The van der Waals surface area contributed by atoms with Crippen molar-refractivity contribution in [2.75, 3.05) is 39.3 Å². The van der Waals surface area contributed by atoms with Gasteiger partial charge in [-0.1, -0.05) is 6.92 Å². The fourth-order valence-corrected chi connectivity index (χ4v) is 3.59. The summed E-state index contributed by atoms with van der Waals surface area (Å²) in [6.45, 7) is 8.17. The first-order valence-corrected chi connectivity index (χ1v) is 9.21. The summed E-state index contributed by atoms with van der Waals surface area (Å²) in [6.07, 6.45) is 3.32. The first-order valence-electron chi connectivity index (χ1n) is 9.21. The third-order valence-electron chi connectivity index (χ3n) is 4.90. The maximum Gasteiger partial charge on any atom is 0.242 e. The molecule has 138 valence electrons. The third-order valence-corrected chi connectivity index (χ3v) is 4.90. The Kier molecular flexibility index (Phi) is 7.45. The van der Waals surface area contributed by atoms with Gasteiger partial charge in [0.2, 0.25) is 11.8 Å². The van der Waals surface area contributed by atoms with Crippen LogP contribution in [0.3, 0.4) is 0 Å². The number of β-amino-alcohol motifs (C(OH)–C–C–N with tert-alkyl or cyclic N) is 1. The second kappa shape index (κ2) is 9.34. The van der Waals surface area contributed by atoms with E-state index in [9.17, 15) is 14.7 Å². The zero-order chi connectivity index (χ0) is 17.5. The van der Waals surface area contributed by atoms with E-state index in [1.807, 2.05) is 6.92 Å². The summed E-state index contributed by atoms with van der Waals surface area (Å²) in [5.74, 6) is -0.134. The van der Waals surface area contributed by atoms with Crippen molar-refractivity contribution in [3.63, 3.8) is 0 Å². The highest BCUT2D eigenvalue weighted by Crippen LogP contribution is 2.13. The summed E-state index contributed by atoms with van der Waals surface area (Å²) in [7, 11) is 0. The second-order valence-corrected chi connectivity index (χ2v) is 7.05. The van der Waals surface area contributed by atoms with Crippen molar-refractivity contribution in [3.8, 4) is 0 Å². The molecule has 0 radical (unpaired) electrons. The second-order valence-electron chi connectivity index (χ2n) is 7.05. The Hall–Kier alpha value is -1.18. The maximum atomic E-state index is 12.3. The van der Waals surface area contributed by atoms with E-state index in [1.165, 1.54) is 0 Å². The normalized spacial score (nSPS) is 28.0.